The first kappa shape index (κ1) is 7.23. The van der Waals surface area contributed by atoms with Crippen molar-refractivity contribution in [3.63, 3.8) is 0 Å². The molecule has 3 nitrogen and oxygen atoms in total. The molecule has 0 aromatic heterocycles. The number of nitrogens with two attached hydrogens (primary N) is 2. The molecule has 32 valence electrons. The van der Waals surface area contributed by atoms with Crippen LogP contribution in [0.15, 0.2) is 0 Å². The van der Waals surface area contributed by atoms with Crippen LogP contribution < -0.4 is 11.5 Å². The van der Waals surface area contributed by atoms with E-state index in [1.54, 1.807) is 0 Å². The van der Waals surface area contributed by atoms with Gasteiger partial charge in [0.1, 0.15) is 0 Å². The van der Waals surface area contributed by atoms with E-state index in [4.69, 9.17) is 11.5 Å². The van der Waals surface area contributed by atoms with Crippen LogP contribution in [0, 0.1) is 0 Å². The van der Waals surface area contributed by atoms with Gasteiger partial charge >= 0.3 is 29.6 Å². The van der Waals surface area contributed by atoms with Crippen molar-refractivity contribution in [2.24, 2.45) is 11.5 Å². The normalized spacial score (nSPS) is 25.0. The molecule has 0 bridgehead atoms. The Balaban J connectivity index is 0.000000250. The quantitative estimate of drug-likeness (QED) is 0.176. The van der Waals surface area contributed by atoms with E-state index in [1.165, 1.54) is 0 Å². The fourth-order valence-electron chi connectivity index (χ4n) is 0.0481. The van der Waals surface area contributed by atoms with Crippen molar-refractivity contribution in [3.05, 3.63) is 0 Å². The van der Waals surface area contributed by atoms with E-state index in [0.717, 1.165) is 12.0 Å². The van der Waals surface area contributed by atoms with Crippen molar-refractivity contribution in [1.82, 2.24) is 0 Å². The first-order valence-corrected chi connectivity index (χ1v) is 1.89. The molecule has 0 aromatic rings. The van der Waals surface area contributed by atoms with Crippen LogP contribution in [0.3, 0.4) is 0 Å². The van der Waals surface area contributed by atoms with E-state index in [9.17, 15) is 0 Å². The third-order valence-corrected chi connectivity index (χ3v) is 0.827. The van der Waals surface area contributed by atoms with Crippen molar-refractivity contribution in [1.29, 1.82) is 0 Å². The molecule has 0 amide bonds. The van der Waals surface area contributed by atoms with Crippen LogP contribution >= 0.6 is 12.0 Å². The molecule has 0 spiro atoms. The van der Waals surface area contributed by atoms with Gasteiger partial charge in [-0.05, 0) is 0 Å². The molecule has 1 fully saturated rings. The molecule has 1 saturated heterocycles. The van der Waals surface area contributed by atoms with Crippen molar-refractivity contribution < 1.29 is 4.18 Å². The monoisotopic (exact) mass is 116 g/mol. The minimum absolute atomic E-state index is 0. The molecule has 4 N–H and O–H groups in total. The minimum atomic E-state index is -0.833. The zero-order valence-electron chi connectivity index (χ0n) is 2.47. The van der Waals surface area contributed by atoms with Gasteiger partial charge in [-0.1, -0.05) is 0 Å². The van der Waals surface area contributed by atoms with Gasteiger partial charge < -0.3 is 0 Å². The van der Waals surface area contributed by atoms with Crippen molar-refractivity contribution >= 4 is 41.6 Å². The van der Waals surface area contributed by atoms with E-state index >= 15 is 0 Å². The summed E-state index contributed by atoms with van der Waals surface area (Å²) in [4.78, 5) is 0. The third-order valence-electron chi connectivity index (χ3n) is 0.276. The predicted octanol–water partition coefficient (Wildman–Crippen LogP) is -1.46. The van der Waals surface area contributed by atoms with Gasteiger partial charge in [0, 0.05) is 0 Å². The first-order chi connectivity index (χ1) is 2.21. The summed E-state index contributed by atoms with van der Waals surface area (Å²) in [6.07, 6.45) is 0. The van der Waals surface area contributed by atoms with Gasteiger partial charge in [0.15, 0.2) is 0 Å². The average Bonchev–Trinajstić information content (AvgIpc) is 1.76. The Bertz CT molecular complexity index is 51.5. The molecule has 0 unspecified atom stereocenters. The van der Waals surface area contributed by atoms with Crippen molar-refractivity contribution in [2.45, 2.75) is 5.18 Å². The second kappa shape index (κ2) is 2.00. The van der Waals surface area contributed by atoms with Gasteiger partial charge in [0.25, 0.3) is 5.18 Å². The summed E-state index contributed by atoms with van der Waals surface area (Å²) < 4.78 is 4.37. The molecule has 0 aromatic carbocycles. The van der Waals surface area contributed by atoms with Gasteiger partial charge in [-0.25, -0.2) is 0 Å². The molecule has 1 rings (SSSR count). The molecular weight excluding hydrogens is 111 g/mol. The Hall–Kier alpha value is 1.23. The molecule has 6 heavy (non-hydrogen) atoms. The Morgan fingerprint density at radius 1 is 1.50 bits per heavy atom. The molecule has 0 atom stereocenters. The summed E-state index contributed by atoms with van der Waals surface area (Å²) in [5.74, 6) is 0. The molecule has 1 aliphatic heterocycles. The Morgan fingerprint density at radius 2 is 1.67 bits per heavy atom. The van der Waals surface area contributed by atoms with Gasteiger partial charge in [-0.3, -0.25) is 15.7 Å². The van der Waals surface area contributed by atoms with E-state index in [0.29, 0.717) is 0 Å². The molecule has 0 aliphatic carbocycles. The topological polar surface area (TPSA) is 64.6 Å². The zero-order valence-corrected chi connectivity index (χ0v) is 3.29. The van der Waals surface area contributed by atoms with Crippen LogP contribution in [0.5, 0.6) is 0 Å². The molecule has 0 saturated carbocycles. The summed E-state index contributed by atoms with van der Waals surface area (Å²) in [5.41, 5.74) is 9.97. The summed E-state index contributed by atoms with van der Waals surface area (Å²) in [6, 6.07) is 0. The Morgan fingerprint density at radius 3 is 1.67 bits per heavy atom. The predicted molar refractivity (Wildman–Crippen MR) is 26.9 cm³/mol. The fourth-order valence-corrected chi connectivity index (χ4v) is 0.144. The number of hydrogen-bond acceptors (Lipinski definition) is 4. The van der Waals surface area contributed by atoms with Crippen LogP contribution in [-0.4, -0.2) is 34.7 Å². The van der Waals surface area contributed by atoms with Gasteiger partial charge in [0.2, 0.25) is 0 Å². The van der Waals surface area contributed by atoms with Crippen molar-refractivity contribution in [3.8, 4) is 0 Å². The molecule has 1 heterocycles. The number of hydrogen-bond donors (Lipinski definition) is 2. The number of rotatable bonds is 0. The van der Waals surface area contributed by atoms with Crippen LogP contribution in [0.2, 0.25) is 0 Å². The maximum atomic E-state index is 4.98. The fraction of sp³-hybridized carbons (Fsp3) is 1.00. The van der Waals surface area contributed by atoms with Crippen LogP contribution in [-0.2, 0) is 4.18 Å². The van der Waals surface area contributed by atoms with Crippen molar-refractivity contribution in [2.75, 3.05) is 0 Å². The summed E-state index contributed by atoms with van der Waals surface area (Å²) in [6.45, 7) is 0. The second-order valence-electron chi connectivity index (χ2n) is 0.888. The van der Waals surface area contributed by atoms with E-state index < -0.39 is 5.18 Å². The first-order valence-electron chi connectivity index (χ1n) is 1.15. The maximum absolute atomic E-state index is 4.98. The molecule has 0 radical (unpaired) electrons. The van der Waals surface area contributed by atoms with Gasteiger partial charge in [-0.2, -0.15) is 0 Å². The van der Waals surface area contributed by atoms with Crippen LogP contribution in [0.1, 0.15) is 0 Å². The summed E-state index contributed by atoms with van der Waals surface area (Å²) in [7, 11) is 0. The molecule has 5 heteroatoms. The van der Waals surface area contributed by atoms with Gasteiger partial charge in [-0.15, -0.1) is 0 Å². The van der Waals surface area contributed by atoms with E-state index in [-0.39, 0.29) is 29.6 Å². The summed E-state index contributed by atoms with van der Waals surface area (Å²) >= 11 is 1.08. The SMILES string of the molecule is NC1(N)OS1.[NaH]. The zero-order chi connectivity index (χ0) is 3.91. The van der Waals surface area contributed by atoms with Crippen LogP contribution in [0.4, 0.5) is 0 Å². The Kier molecular flexibility index (Phi) is 2.41. The van der Waals surface area contributed by atoms with E-state index in [2.05, 4.69) is 4.18 Å². The summed E-state index contributed by atoms with van der Waals surface area (Å²) in [5, 5.41) is -0.833. The van der Waals surface area contributed by atoms with E-state index in [1.807, 2.05) is 0 Å². The molecular formula is CH5N2NaOS. The van der Waals surface area contributed by atoms with Crippen LogP contribution in [0.25, 0.3) is 0 Å². The third kappa shape index (κ3) is 2.41. The standard InChI is InChI=1S/CH4N2OS.Na.H/c2-1(3)4-5-1;;/h2-3H2;;. The molecule has 1 aliphatic rings. The average molecular weight is 116 g/mol. The van der Waals surface area contributed by atoms with Gasteiger partial charge in [0.05, 0.1) is 12.0 Å². The Labute approximate surface area is 62.3 Å². The second-order valence-corrected chi connectivity index (χ2v) is 1.86.